The van der Waals surface area contributed by atoms with Crippen LogP contribution in [-0.4, -0.2) is 41.3 Å². The van der Waals surface area contributed by atoms with Gasteiger partial charge in [0, 0.05) is 35.5 Å². The lowest BCUT2D eigenvalue weighted by molar-refractivity contribution is -0.385. The number of nitro benzene ring substituents is 2. The van der Waals surface area contributed by atoms with Gasteiger partial charge in [0.05, 0.1) is 21.3 Å². The van der Waals surface area contributed by atoms with E-state index in [0.717, 1.165) is 11.8 Å². The van der Waals surface area contributed by atoms with Crippen molar-refractivity contribution in [1.82, 2.24) is 19.8 Å². The number of carbonyl (C=O) groups excluding carboxylic acids is 1. The average Bonchev–Trinajstić information content (AvgIpc) is 3.20. The molecule has 0 unspecified atom stereocenters. The first-order valence-corrected chi connectivity index (χ1v) is 10.0. The number of nitrogens with zero attached hydrogens (tertiary/aromatic N) is 6. The highest BCUT2D eigenvalue weighted by atomic mass is 32.2. The largest absolute Gasteiger partial charge is 0.325 e. The van der Waals surface area contributed by atoms with Crippen LogP contribution in [0, 0.1) is 20.2 Å². The second kappa shape index (κ2) is 8.77. The van der Waals surface area contributed by atoms with Gasteiger partial charge in [0.2, 0.25) is 11.1 Å². The van der Waals surface area contributed by atoms with Gasteiger partial charge in [-0.2, -0.15) is 9.61 Å². The fraction of sp³-hybridized carbons (Fsp3) is 0.0526. The Hall–Kier alpha value is -4.39. The number of carbonyl (C=O) groups is 1. The number of amides is 1. The van der Waals surface area contributed by atoms with Gasteiger partial charge in [-0.25, -0.2) is 0 Å². The Morgan fingerprint density at radius 1 is 0.969 bits per heavy atom. The summed E-state index contributed by atoms with van der Waals surface area (Å²) in [5, 5.41) is 37.2. The number of anilines is 1. The van der Waals surface area contributed by atoms with E-state index < -0.39 is 9.85 Å². The number of aromatic nitrogens is 4. The topological polar surface area (TPSA) is 158 Å². The molecular formula is C19H13N7O5S. The molecule has 0 saturated carbocycles. The molecule has 0 atom stereocenters. The fourth-order valence-corrected chi connectivity index (χ4v) is 3.47. The summed E-state index contributed by atoms with van der Waals surface area (Å²) in [4.78, 5) is 33.0. The number of hydrogen-bond acceptors (Lipinski definition) is 9. The van der Waals surface area contributed by atoms with Gasteiger partial charge in [-0.05, 0) is 24.3 Å². The molecule has 4 rings (SSSR count). The SMILES string of the molecule is O=C(CSc1nnc2ccc(-c3cccc([N+](=O)[O-])c3)nn12)Nc1ccc([N+](=O)[O-])cc1. The Balaban J connectivity index is 1.48. The predicted molar refractivity (Wildman–Crippen MR) is 115 cm³/mol. The third-order valence-corrected chi connectivity index (χ3v) is 5.20. The maximum Gasteiger partial charge on any atom is 0.270 e. The van der Waals surface area contributed by atoms with Gasteiger partial charge in [0.1, 0.15) is 0 Å². The van der Waals surface area contributed by atoms with Crippen LogP contribution in [0.2, 0.25) is 0 Å². The summed E-state index contributed by atoms with van der Waals surface area (Å²) in [5.41, 5.74) is 1.80. The van der Waals surface area contributed by atoms with Crippen LogP contribution in [0.4, 0.5) is 17.1 Å². The van der Waals surface area contributed by atoms with E-state index in [1.807, 2.05) is 0 Å². The minimum Gasteiger partial charge on any atom is -0.325 e. The van der Waals surface area contributed by atoms with Crippen molar-refractivity contribution in [2.75, 3.05) is 11.1 Å². The molecule has 2 aromatic carbocycles. The molecular weight excluding hydrogens is 438 g/mol. The van der Waals surface area contributed by atoms with E-state index in [-0.39, 0.29) is 23.0 Å². The minimum atomic E-state index is -0.521. The highest BCUT2D eigenvalue weighted by Crippen LogP contribution is 2.24. The summed E-state index contributed by atoms with van der Waals surface area (Å²) in [6, 6.07) is 14.9. The second-order valence-corrected chi connectivity index (χ2v) is 7.36. The lowest BCUT2D eigenvalue weighted by Gasteiger charge is -2.05. The van der Waals surface area contributed by atoms with Crippen molar-refractivity contribution in [3.05, 3.63) is 80.9 Å². The zero-order valence-corrected chi connectivity index (χ0v) is 16.9. The van der Waals surface area contributed by atoms with E-state index in [1.165, 1.54) is 40.9 Å². The number of rotatable bonds is 7. The molecule has 0 spiro atoms. The number of nitrogens with one attached hydrogen (secondary N) is 1. The first kappa shape index (κ1) is 20.9. The van der Waals surface area contributed by atoms with Gasteiger partial charge in [-0.3, -0.25) is 25.0 Å². The van der Waals surface area contributed by atoms with Crippen molar-refractivity contribution in [2.24, 2.45) is 0 Å². The molecule has 1 N–H and O–H groups in total. The molecule has 1 amide bonds. The zero-order chi connectivity index (χ0) is 22.7. The minimum absolute atomic E-state index is 0.000493. The summed E-state index contributed by atoms with van der Waals surface area (Å²) < 4.78 is 1.46. The number of nitro groups is 2. The highest BCUT2D eigenvalue weighted by molar-refractivity contribution is 7.99. The monoisotopic (exact) mass is 451 g/mol. The van der Waals surface area contributed by atoms with E-state index in [9.17, 15) is 25.0 Å². The molecule has 2 aromatic heterocycles. The summed E-state index contributed by atoms with van der Waals surface area (Å²) >= 11 is 1.10. The molecule has 0 radical (unpaired) electrons. The Bertz CT molecular complexity index is 1340. The highest BCUT2D eigenvalue weighted by Gasteiger charge is 2.14. The van der Waals surface area contributed by atoms with Crippen molar-refractivity contribution >= 4 is 40.4 Å². The van der Waals surface area contributed by atoms with Crippen LogP contribution >= 0.6 is 11.8 Å². The molecule has 32 heavy (non-hydrogen) atoms. The molecule has 0 saturated heterocycles. The van der Waals surface area contributed by atoms with Gasteiger partial charge < -0.3 is 5.32 Å². The molecule has 0 aliphatic heterocycles. The average molecular weight is 451 g/mol. The molecule has 12 nitrogen and oxygen atoms in total. The zero-order valence-electron chi connectivity index (χ0n) is 16.1. The quantitative estimate of drug-likeness (QED) is 0.252. The summed E-state index contributed by atoms with van der Waals surface area (Å²) in [5.74, 6) is -0.337. The number of non-ortho nitro benzene ring substituents is 2. The van der Waals surface area contributed by atoms with Crippen LogP contribution < -0.4 is 5.32 Å². The third-order valence-electron chi connectivity index (χ3n) is 4.28. The maximum absolute atomic E-state index is 12.2. The van der Waals surface area contributed by atoms with E-state index >= 15 is 0 Å². The van der Waals surface area contributed by atoms with Crippen molar-refractivity contribution in [3.8, 4) is 11.3 Å². The predicted octanol–water partition coefficient (Wildman–Crippen LogP) is 3.34. The summed E-state index contributed by atoms with van der Waals surface area (Å²) in [7, 11) is 0. The molecule has 0 aliphatic carbocycles. The first-order chi connectivity index (χ1) is 15.4. The van der Waals surface area contributed by atoms with Crippen LogP contribution in [0.3, 0.4) is 0 Å². The van der Waals surface area contributed by atoms with Crippen LogP contribution in [0.25, 0.3) is 16.9 Å². The lowest BCUT2D eigenvalue weighted by Crippen LogP contribution is -2.14. The molecule has 0 fully saturated rings. The van der Waals surface area contributed by atoms with Crippen LogP contribution in [0.1, 0.15) is 0 Å². The van der Waals surface area contributed by atoms with Crippen molar-refractivity contribution in [2.45, 2.75) is 5.16 Å². The van der Waals surface area contributed by atoms with E-state index in [4.69, 9.17) is 0 Å². The van der Waals surface area contributed by atoms with Gasteiger partial charge in [0.15, 0.2) is 5.65 Å². The molecule has 0 aliphatic rings. The Morgan fingerprint density at radius 3 is 2.44 bits per heavy atom. The molecule has 13 heteroatoms. The molecule has 0 bridgehead atoms. The fourth-order valence-electron chi connectivity index (χ4n) is 2.79. The Kier molecular flexibility index (Phi) is 5.72. The van der Waals surface area contributed by atoms with Crippen molar-refractivity contribution in [1.29, 1.82) is 0 Å². The first-order valence-electron chi connectivity index (χ1n) is 9.05. The smallest absolute Gasteiger partial charge is 0.270 e. The summed E-state index contributed by atoms with van der Waals surface area (Å²) in [6.45, 7) is 0. The van der Waals surface area contributed by atoms with Crippen LogP contribution in [-0.2, 0) is 4.79 Å². The standard InChI is InChI=1S/C19H13N7O5S/c27-18(20-13-4-6-14(7-5-13)25(28)29)11-32-19-22-21-17-9-8-16(23-24(17)19)12-2-1-3-15(10-12)26(30)31/h1-10H,11H2,(H,20,27). The van der Waals surface area contributed by atoms with Gasteiger partial charge in [-0.15, -0.1) is 10.2 Å². The van der Waals surface area contributed by atoms with Gasteiger partial charge >= 0.3 is 0 Å². The Labute approximate surface area is 183 Å². The van der Waals surface area contributed by atoms with E-state index in [0.29, 0.717) is 27.7 Å². The van der Waals surface area contributed by atoms with Crippen LogP contribution in [0.5, 0.6) is 0 Å². The maximum atomic E-state index is 12.2. The van der Waals surface area contributed by atoms with E-state index in [2.05, 4.69) is 20.6 Å². The number of thioether (sulfide) groups is 1. The lowest BCUT2D eigenvalue weighted by atomic mass is 10.1. The van der Waals surface area contributed by atoms with E-state index in [1.54, 1.807) is 24.3 Å². The second-order valence-electron chi connectivity index (χ2n) is 6.42. The van der Waals surface area contributed by atoms with Gasteiger partial charge in [0.25, 0.3) is 11.4 Å². The Morgan fingerprint density at radius 2 is 1.72 bits per heavy atom. The summed E-state index contributed by atoms with van der Waals surface area (Å²) in [6.07, 6.45) is 0. The van der Waals surface area contributed by atoms with Crippen LogP contribution in [0.15, 0.2) is 65.8 Å². The molecule has 2 heterocycles. The number of hydrogen-bond donors (Lipinski definition) is 1. The number of benzene rings is 2. The third kappa shape index (κ3) is 4.52. The molecule has 4 aromatic rings. The van der Waals surface area contributed by atoms with Crippen molar-refractivity contribution in [3.63, 3.8) is 0 Å². The number of fused-ring (bicyclic) bond motifs is 1. The normalized spacial score (nSPS) is 10.8. The van der Waals surface area contributed by atoms with Gasteiger partial charge in [-0.1, -0.05) is 23.9 Å². The molecule has 160 valence electrons. The van der Waals surface area contributed by atoms with Crippen molar-refractivity contribution < 1.29 is 14.6 Å².